The van der Waals surface area contributed by atoms with Gasteiger partial charge in [-0.1, -0.05) is 30.3 Å². The average Bonchev–Trinajstić information content (AvgIpc) is 2.49. The van der Waals surface area contributed by atoms with Gasteiger partial charge in [-0.3, -0.25) is 20.1 Å². The average molecular weight is 270 g/mol. The number of aromatic nitrogens is 1. The Hall–Kier alpha value is -2.24. The first-order chi connectivity index (χ1) is 9.72. The second-order valence-corrected chi connectivity index (χ2v) is 4.59. The van der Waals surface area contributed by atoms with Crippen molar-refractivity contribution in [1.82, 2.24) is 15.3 Å². The summed E-state index contributed by atoms with van der Waals surface area (Å²) >= 11 is 0. The van der Waals surface area contributed by atoms with E-state index >= 15 is 0 Å². The summed E-state index contributed by atoms with van der Waals surface area (Å²) in [5.41, 5.74) is 4.24. The predicted octanol–water partition coefficient (Wildman–Crippen LogP) is 1.24. The predicted molar refractivity (Wildman–Crippen MR) is 77.2 cm³/mol. The maximum atomic E-state index is 12.1. The Morgan fingerprint density at radius 3 is 2.50 bits per heavy atom. The molecule has 0 fully saturated rings. The van der Waals surface area contributed by atoms with Crippen molar-refractivity contribution in [3.63, 3.8) is 0 Å². The first-order valence-corrected chi connectivity index (χ1v) is 6.37. The van der Waals surface area contributed by atoms with Gasteiger partial charge >= 0.3 is 0 Å². The van der Waals surface area contributed by atoms with E-state index in [2.05, 4.69) is 10.4 Å². The first kappa shape index (κ1) is 14.2. The van der Waals surface area contributed by atoms with Gasteiger partial charge in [0.25, 0.3) is 5.91 Å². The van der Waals surface area contributed by atoms with Crippen LogP contribution in [0.4, 0.5) is 0 Å². The summed E-state index contributed by atoms with van der Waals surface area (Å²) < 4.78 is 0. The number of hydrogen-bond donors (Lipinski definition) is 2. The number of hydrazine groups is 1. The fourth-order valence-corrected chi connectivity index (χ4v) is 2.19. The molecule has 5 nitrogen and oxygen atoms in total. The van der Waals surface area contributed by atoms with E-state index in [1.54, 1.807) is 12.4 Å². The molecule has 1 heterocycles. The molecule has 3 N–H and O–H groups in total. The van der Waals surface area contributed by atoms with E-state index in [0.29, 0.717) is 6.54 Å². The molecule has 0 radical (unpaired) electrons. The van der Waals surface area contributed by atoms with E-state index in [1.165, 1.54) is 0 Å². The van der Waals surface area contributed by atoms with E-state index in [1.807, 2.05) is 54.4 Å². The Morgan fingerprint density at radius 1 is 1.25 bits per heavy atom. The molecular weight excluding hydrogens is 252 g/mol. The lowest BCUT2D eigenvalue weighted by molar-refractivity contribution is -0.126. The topological polar surface area (TPSA) is 71.2 Å². The fraction of sp³-hybridized carbons (Fsp3) is 0.200. The fourth-order valence-electron chi connectivity index (χ4n) is 2.19. The second kappa shape index (κ2) is 6.79. The van der Waals surface area contributed by atoms with E-state index in [4.69, 9.17) is 5.84 Å². The number of nitrogens with two attached hydrogens (primary N) is 1. The summed E-state index contributed by atoms with van der Waals surface area (Å²) in [6.45, 7) is 0.634. The smallest absolute Gasteiger partial charge is 0.255 e. The largest absolute Gasteiger partial charge is 0.293 e. The van der Waals surface area contributed by atoms with Gasteiger partial charge in [-0.2, -0.15) is 0 Å². The van der Waals surface area contributed by atoms with Gasteiger partial charge in [0.05, 0.1) is 0 Å². The highest BCUT2D eigenvalue weighted by Gasteiger charge is 2.24. The number of pyridine rings is 1. The van der Waals surface area contributed by atoms with Crippen molar-refractivity contribution < 1.29 is 4.79 Å². The van der Waals surface area contributed by atoms with Crippen LogP contribution in [-0.2, 0) is 11.3 Å². The third-order valence-electron chi connectivity index (χ3n) is 3.13. The Kier molecular flexibility index (Phi) is 4.81. The number of carbonyl (C=O) groups excluding carboxylic acids is 1. The summed E-state index contributed by atoms with van der Waals surface area (Å²) in [6, 6.07) is 13.0. The summed E-state index contributed by atoms with van der Waals surface area (Å²) in [5.74, 6) is 5.08. The summed E-state index contributed by atoms with van der Waals surface area (Å²) in [4.78, 5) is 18.0. The number of rotatable bonds is 5. The maximum absolute atomic E-state index is 12.1. The number of nitrogens with one attached hydrogen (secondary N) is 1. The third-order valence-corrected chi connectivity index (χ3v) is 3.13. The molecule has 0 aliphatic heterocycles. The molecule has 0 spiro atoms. The van der Waals surface area contributed by atoms with Crippen LogP contribution >= 0.6 is 0 Å². The Balaban J connectivity index is 2.21. The Morgan fingerprint density at radius 2 is 1.90 bits per heavy atom. The van der Waals surface area contributed by atoms with E-state index in [-0.39, 0.29) is 5.91 Å². The Labute approximate surface area is 118 Å². The third kappa shape index (κ3) is 3.40. The monoisotopic (exact) mass is 270 g/mol. The summed E-state index contributed by atoms with van der Waals surface area (Å²) in [7, 11) is 1.90. The maximum Gasteiger partial charge on any atom is 0.255 e. The molecule has 1 aromatic heterocycles. The van der Waals surface area contributed by atoms with Crippen molar-refractivity contribution in [2.75, 3.05) is 7.05 Å². The number of likely N-dealkylation sites (N-methyl/N-ethyl adjacent to an activating group) is 1. The van der Waals surface area contributed by atoms with Gasteiger partial charge in [-0.15, -0.1) is 0 Å². The van der Waals surface area contributed by atoms with Gasteiger partial charge in [0.2, 0.25) is 0 Å². The van der Waals surface area contributed by atoms with Gasteiger partial charge in [0.15, 0.2) is 0 Å². The van der Waals surface area contributed by atoms with Gasteiger partial charge in [-0.05, 0) is 30.3 Å². The van der Waals surface area contributed by atoms with Gasteiger partial charge in [-0.25, -0.2) is 5.84 Å². The summed E-state index contributed by atoms with van der Waals surface area (Å²) in [6.07, 6.45) is 3.48. The lowest BCUT2D eigenvalue weighted by Crippen LogP contribution is -2.41. The lowest BCUT2D eigenvalue weighted by Gasteiger charge is -2.26. The molecule has 1 amide bonds. The van der Waals surface area contributed by atoms with Crippen LogP contribution in [0.5, 0.6) is 0 Å². The molecule has 1 unspecified atom stereocenters. The minimum absolute atomic E-state index is 0.229. The minimum Gasteiger partial charge on any atom is -0.293 e. The molecular formula is C15H18N4O. The molecule has 0 saturated carbocycles. The minimum atomic E-state index is -0.422. The highest BCUT2D eigenvalue weighted by Crippen LogP contribution is 2.21. The van der Waals surface area contributed by atoms with Crippen LogP contribution in [0.2, 0.25) is 0 Å². The van der Waals surface area contributed by atoms with Crippen LogP contribution in [0.1, 0.15) is 17.2 Å². The summed E-state index contributed by atoms with van der Waals surface area (Å²) in [5, 5.41) is 0. The SMILES string of the molecule is CN(Cc1ccncc1)C(C(=O)NN)c1ccccc1. The molecule has 1 atom stereocenters. The molecule has 5 heteroatoms. The molecule has 0 aliphatic carbocycles. The normalized spacial score (nSPS) is 12.2. The number of nitrogens with zero attached hydrogens (tertiary/aromatic N) is 2. The van der Waals surface area contributed by atoms with Crippen LogP contribution in [0.25, 0.3) is 0 Å². The molecule has 104 valence electrons. The van der Waals surface area contributed by atoms with Gasteiger partial charge in [0, 0.05) is 18.9 Å². The molecule has 20 heavy (non-hydrogen) atoms. The zero-order valence-electron chi connectivity index (χ0n) is 11.4. The van der Waals surface area contributed by atoms with Crippen LogP contribution < -0.4 is 11.3 Å². The van der Waals surface area contributed by atoms with E-state index in [0.717, 1.165) is 11.1 Å². The zero-order chi connectivity index (χ0) is 14.4. The van der Waals surface area contributed by atoms with Crippen LogP contribution in [0, 0.1) is 0 Å². The lowest BCUT2D eigenvalue weighted by atomic mass is 10.0. The standard InChI is InChI=1S/C15H18N4O/c1-19(11-12-7-9-17-10-8-12)14(15(20)18-16)13-5-3-2-4-6-13/h2-10,14H,11,16H2,1H3,(H,18,20). The number of carbonyl (C=O) groups is 1. The van der Waals surface area contributed by atoms with Crippen molar-refractivity contribution in [2.45, 2.75) is 12.6 Å². The van der Waals surface area contributed by atoms with Crippen LogP contribution in [0.15, 0.2) is 54.9 Å². The van der Waals surface area contributed by atoms with Crippen LogP contribution in [0.3, 0.4) is 0 Å². The van der Waals surface area contributed by atoms with Crippen LogP contribution in [-0.4, -0.2) is 22.8 Å². The molecule has 0 bridgehead atoms. The van der Waals surface area contributed by atoms with Crippen molar-refractivity contribution >= 4 is 5.91 Å². The number of amides is 1. The highest BCUT2D eigenvalue weighted by molar-refractivity contribution is 5.82. The van der Waals surface area contributed by atoms with Crippen molar-refractivity contribution in [2.24, 2.45) is 5.84 Å². The van der Waals surface area contributed by atoms with Gasteiger partial charge < -0.3 is 0 Å². The van der Waals surface area contributed by atoms with E-state index < -0.39 is 6.04 Å². The van der Waals surface area contributed by atoms with Crippen molar-refractivity contribution in [1.29, 1.82) is 0 Å². The highest BCUT2D eigenvalue weighted by atomic mass is 16.2. The van der Waals surface area contributed by atoms with Gasteiger partial charge in [0.1, 0.15) is 6.04 Å². The quantitative estimate of drug-likeness (QED) is 0.487. The number of hydrogen-bond acceptors (Lipinski definition) is 4. The second-order valence-electron chi connectivity index (χ2n) is 4.59. The first-order valence-electron chi connectivity index (χ1n) is 6.37. The number of benzene rings is 1. The molecule has 0 saturated heterocycles. The molecule has 0 aliphatic rings. The Bertz CT molecular complexity index is 544. The molecule has 1 aromatic carbocycles. The zero-order valence-corrected chi connectivity index (χ0v) is 11.4. The molecule has 2 aromatic rings. The van der Waals surface area contributed by atoms with E-state index in [9.17, 15) is 4.79 Å². The van der Waals surface area contributed by atoms with Crippen molar-refractivity contribution in [3.8, 4) is 0 Å². The molecule has 2 rings (SSSR count). The van der Waals surface area contributed by atoms with Crippen molar-refractivity contribution in [3.05, 3.63) is 66.0 Å².